The highest BCUT2D eigenvalue weighted by molar-refractivity contribution is 5.84. The second kappa shape index (κ2) is 7.26. The van der Waals surface area contributed by atoms with Crippen LogP contribution in [0.3, 0.4) is 0 Å². The summed E-state index contributed by atoms with van der Waals surface area (Å²) in [5, 5.41) is 12.5. The molecule has 1 aliphatic heterocycles. The van der Waals surface area contributed by atoms with Gasteiger partial charge in [0.15, 0.2) is 6.29 Å². The topological polar surface area (TPSA) is 76.2 Å². The first-order valence-corrected chi connectivity index (χ1v) is 8.24. The first kappa shape index (κ1) is 17.5. The van der Waals surface area contributed by atoms with Crippen LogP contribution in [0.1, 0.15) is 11.3 Å². The van der Waals surface area contributed by atoms with Gasteiger partial charge in [-0.1, -0.05) is 0 Å². The first-order valence-electron chi connectivity index (χ1n) is 8.24. The molecular formula is C19H22N6O. The van der Waals surface area contributed by atoms with E-state index in [1.807, 2.05) is 37.7 Å². The van der Waals surface area contributed by atoms with Gasteiger partial charge in [0.1, 0.15) is 12.6 Å². The molecule has 0 radical (unpaired) electrons. The van der Waals surface area contributed by atoms with E-state index in [9.17, 15) is 0 Å². The second-order valence-corrected chi connectivity index (χ2v) is 6.08. The van der Waals surface area contributed by atoms with Crippen LogP contribution in [-0.4, -0.2) is 33.6 Å². The standard InChI is InChI=1S/C18H20N6.CH2O/c1-12-11-24(22-13(12)2)17-6-8-19-18(21-17)20-15-4-5-16-14(10-15)7-9-23(16)3;1-2/h4-11,18,20-21H,1-3H3;1H2. The molecule has 0 saturated carbocycles. The fourth-order valence-electron chi connectivity index (χ4n) is 2.84. The van der Waals surface area contributed by atoms with Gasteiger partial charge in [-0.2, -0.15) is 5.10 Å². The van der Waals surface area contributed by atoms with Crippen LogP contribution < -0.4 is 10.6 Å². The Morgan fingerprint density at radius 1 is 1.23 bits per heavy atom. The quantitative estimate of drug-likeness (QED) is 0.761. The molecule has 3 aromatic rings. The van der Waals surface area contributed by atoms with Crippen molar-refractivity contribution in [3.05, 3.63) is 54.0 Å². The molecule has 0 spiro atoms. The number of benzene rings is 1. The van der Waals surface area contributed by atoms with Crippen LogP contribution in [-0.2, 0) is 11.8 Å². The van der Waals surface area contributed by atoms with Crippen molar-refractivity contribution in [2.45, 2.75) is 20.1 Å². The molecule has 2 aromatic heterocycles. The van der Waals surface area contributed by atoms with Gasteiger partial charge in [0.25, 0.3) is 0 Å². The highest BCUT2D eigenvalue weighted by Gasteiger charge is 2.14. The molecule has 0 fully saturated rings. The molecular weight excluding hydrogens is 328 g/mol. The smallest absolute Gasteiger partial charge is 0.195 e. The number of hydrogen-bond acceptors (Lipinski definition) is 5. The lowest BCUT2D eigenvalue weighted by Gasteiger charge is -2.22. The third kappa shape index (κ3) is 3.37. The Kier molecular flexibility index (Phi) is 4.88. The summed E-state index contributed by atoms with van der Waals surface area (Å²) in [5.74, 6) is 0.902. The molecule has 1 aromatic carbocycles. The molecule has 7 nitrogen and oxygen atoms in total. The van der Waals surface area contributed by atoms with Crippen molar-refractivity contribution in [3.63, 3.8) is 0 Å². The molecule has 0 bridgehead atoms. The average Bonchev–Trinajstić information content (AvgIpc) is 3.19. The zero-order valence-electron chi connectivity index (χ0n) is 15.1. The lowest BCUT2D eigenvalue weighted by Crippen LogP contribution is -2.37. The summed E-state index contributed by atoms with van der Waals surface area (Å²) in [5.41, 5.74) is 4.43. The lowest BCUT2D eigenvalue weighted by atomic mass is 10.2. The number of allylic oxidation sites excluding steroid dienone is 1. The minimum Gasteiger partial charge on any atom is -0.351 e. The van der Waals surface area contributed by atoms with Crippen LogP contribution in [0.5, 0.6) is 0 Å². The van der Waals surface area contributed by atoms with Crippen LogP contribution in [0.25, 0.3) is 16.7 Å². The number of anilines is 1. The highest BCUT2D eigenvalue weighted by Crippen LogP contribution is 2.20. The number of hydrogen-bond donors (Lipinski definition) is 2. The molecule has 3 heterocycles. The molecule has 4 rings (SSSR count). The number of carbonyl (C=O) groups excluding carboxylic acids is 1. The van der Waals surface area contributed by atoms with Crippen LogP contribution in [0, 0.1) is 13.8 Å². The van der Waals surface area contributed by atoms with E-state index in [-0.39, 0.29) is 6.29 Å². The van der Waals surface area contributed by atoms with E-state index in [0.29, 0.717) is 0 Å². The Balaban J connectivity index is 0.000000948. The Hall–Kier alpha value is -3.35. The summed E-state index contributed by atoms with van der Waals surface area (Å²) in [6, 6.07) is 8.42. The van der Waals surface area contributed by atoms with Gasteiger partial charge in [0.2, 0.25) is 0 Å². The normalized spacial score (nSPS) is 15.8. The van der Waals surface area contributed by atoms with Gasteiger partial charge < -0.3 is 20.0 Å². The summed E-state index contributed by atoms with van der Waals surface area (Å²) in [6.45, 7) is 6.06. The number of aromatic nitrogens is 3. The van der Waals surface area contributed by atoms with Crippen molar-refractivity contribution in [1.82, 2.24) is 19.7 Å². The molecule has 26 heavy (non-hydrogen) atoms. The Bertz CT molecular complexity index is 962. The predicted octanol–water partition coefficient (Wildman–Crippen LogP) is 2.67. The van der Waals surface area contributed by atoms with Gasteiger partial charge in [0, 0.05) is 42.2 Å². The van der Waals surface area contributed by atoms with Crippen LogP contribution in [0.15, 0.2) is 47.7 Å². The van der Waals surface area contributed by atoms with Crippen LogP contribution in [0.2, 0.25) is 0 Å². The summed E-state index contributed by atoms with van der Waals surface area (Å²) in [6.07, 6.45) is 7.58. The predicted molar refractivity (Wildman–Crippen MR) is 105 cm³/mol. The summed E-state index contributed by atoms with van der Waals surface area (Å²) >= 11 is 0. The average molecular weight is 350 g/mol. The third-order valence-corrected chi connectivity index (χ3v) is 4.33. The Morgan fingerprint density at radius 2 is 2.04 bits per heavy atom. The summed E-state index contributed by atoms with van der Waals surface area (Å²) < 4.78 is 3.96. The Labute approximate surface area is 152 Å². The number of nitrogens with zero attached hydrogens (tertiary/aromatic N) is 4. The largest absolute Gasteiger partial charge is 0.351 e. The molecule has 1 atom stereocenters. The van der Waals surface area contributed by atoms with E-state index in [1.165, 1.54) is 16.5 Å². The molecule has 1 unspecified atom stereocenters. The lowest BCUT2D eigenvalue weighted by molar-refractivity contribution is -0.0979. The van der Waals surface area contributed by atoms with Gasteiger partial charge in [-0.05, 0) is 49.8 Å². The van der Waals surface area contributed by atoms with Crippen LogP contribution >= 0.6 is 0 Å². The maximum atomic E-state index is 8.00. The highest BCUT2D eigenvalue weighted by atomic mass is 16.1. The minimum absolute atomic E-state index is 0.226. The molecule has 0 amide bonds. The third-order valence-electron chi connectivity index (χ3n) is 4.33. The van der Waals surface area contributed by atoms with Gasteiger partial charge in [0.05, 0.1) is 5.69 Å². The van der Waals surface area contributed by atoms with E-state index in [2.05, 4.69) is 62.7 Å². The number of fused-ring (bicyclic) bond motifs is 1. The fourth-order valence-corrected chi connectivity index (χ4v) is 2.84. The number of rotatable bonds is 3. The van der Waals surface area contributed by atoms with Crippen molar-refractivity contribution in [1.29, 1.82) is 0 Å². The molecule has 2 N–H and O–H groups in total. The first-order chi connectivity index (χ1) is 12.6. The second-order valence-electron chi connectivity index (χ2n) is 6.08. The zero-order chi connectivity index (χ0) is 18.7. The maximum Gasteiger partial charge on any atom is 0.195 e. The van der Waals surface area contributed by atoms with Crippen molar-refractivity contribution in [2.24, 2.45) is 12.0 Å². The molecule has 0 aliphatic carbocycles. The van der Waals surface area contributed by atoms with Crippen LogP contribution in [0.4, 0.5) is 5.69 Å². The number of aryl methyl sites for hydroxylation is 3. The number of nitrogens with one attached hydrogen (secondary N) is 2. The van der Waals surface area contributed by atoms with E-state index in [0.717, 1.165) is 17.2 Å². The fraction of sp³-hybridized carbons (Fsp3) is 0.211. The minimum atomic E-state index is -0.226. The van der Waals surface area contributed by atoms with Gasteiger partial charge in [-0.3, -0.25) is 0 Å². The number of aliphatic imine (C=N–C) groups is 1. The molecule has 0 saturated heterocycles. The summed E-state index contributed by atoms with van der Waals surface area (Å²) in [7, 11) is 2.05. The van der Waals surface area contributed by atoms with Gasteiger partial charge in [-0.15, -0.1) is 0 Å². The van der Waals surface area contributed by atoms with E-state index in [4.69, 9.17) is 4.79 Å². The van der Waals surface area contributed by atoms with Crippen molar-refractivity contribution >= 4 is 35.4 Å². The van der Waals surface area contributed by atoms with Gasteiger partial charge >= 0.3 is 0 Å². The molecule has 1 aliphatic rings. The monoisotopic (exact) mass is 350 g/mol. The zero-order valence-corrected chi connectivity index (χ0v) is 15.1. The summed E-state index contributed by atoms with van der Waals surface area (Å²) in [4.78, 5) is 12.4. The van der Waals surface area contributed by atoms with E-state index in [1.54, 1.807) is 6.21 Å². The van der Waals surface area contributed by atoms with Gasteiger partial charge in [-0.25, -0.2) is 9.67 Å². The molecule has 7 heteroatoms. The van der Waals surface area contributed by atoms with E-state index < -0.39 is 0 Å². The molecule has 134 valence electrons. The SMILES string of the molecule is C=O.Cc1cn(C2=CC=NC(Nc3ccc4c(ccn4C)c3)N2)nc1C. The van der Waals surface area contributed by atoms with Crippen molar-refractivity contribution in [3.8, 4) is 0 Å². The Morgan fingerprint density at radius 3 is 2.77 bits per heavy atom. The van der Waals surface area contributed by atoms with Crippen molar-refractivity contribution in [2.75, 3.05) is 5.32 Å². The maximum absolute atomic E-state index is 8.00. The van der Waals surface area contributed by atoms with E-state index >= 15 is 0 Å². The number of carbonyl (C=O) groups is 1. The van der Waals surface area contributed by atoms with Crippen molar-refractivity contribution < 1.29 is 4.79 Å².